The van der Waals surface area contributed by atoms with Crippen molar-refractivity contribution in [1.29, 1.82) is 0 Å². The van der Waals surface area contributed by atoms with Crippen molar-refractivity contribution in [1.82, 2.24) is 10.3 Å². The number of amides is 1. The first-order valence-corrected chi connectivity index (χ1v) is 10.8. The normalized spacial score (nSPS) is 13.0. The van der Waals surface area contributed by atoms with Crippen LogP contribution in [0.5, 0.6) is 0 Å². The van der Waals surface area contributed by atoms with E-state index in [0.717, 1.165) is 17.0 Å². The van der Waals surface area contributed by atoms with E-state index in [0.29, 0.717) is 5.92 Å². The van der Waals surface area contributed by atoms with Gasteiger partial charge in [0.1, 0.15) is 5.01 Å². The summed E-state index contributed by atoms with van der Waals surface area (Å²) in [4.78, 5) is 16.8. The molecule has 0 aliphatic heterocycles. The molecular formula is C18H24N2O3S2. The molecule has 2 aromatic rings. The van der Waals surface area contributed by atoms with Crippen molar-refractivity contribution in [3.05, 3.63) is 46.4 Å². The Balaban J connectivity index is 1.97. The second-order valence-electron chi connectivity index (χ2n) is 6.50. The number of carbonyl (C=O) groups is 1. The highest BCUT2D eigenvalue weighted by Crippen LogP contribution is 2.23. The smallest absolute Gasteiger partial charge is 0.221 e. The summed E-state index contributed by atoms with van der Waals surface area (Å²) < 4.78 is 24.7. The summed E-state index contributed by atoms with van der Waals surface area (Å²) >= 11 is 1.49. The van der Waals surface area contributed by atoms with Gasteiger partial charge in [-0.3, -0.25) is 4.79 Å². The van der Waals surface area contributed by atoms with E-state index in [1.54, 1.807) is 30.5 Å². The molecule has 1 aromatic heterocycles. The van der Waals surface area contributed by atoms with Crippen LogP contribution in [-0.4, -0.2) is 25.1 Å². The number of hydrogen-bond donors (Lipinski definition) is 1. The Labute approximate surface area is 153 Å². The minimum absolute atomic E-state index is 0.0593. The average molecular weight is 381 g/mol. The summed E-state index contributed by atoms with van der Waals surface area (Å²) in [6.07, 6.45) is 2.42. The number of nitrogens with zero attached hydrogens (tertiary/aromatic N) is 1. The van der Waals surface area contributed by atoms with Crippen LogP contribution in [0, 0.1) is 12.8 Å². The molecule has 5 nitrogen and oxygen atoms in total. The highest BCUT2D eigenvalue weighted by molar-refractivity contribution is 7.91. The fourth-order valence-electron chi connectivity index (χ4n) is 2.46. The molecule has 0 aliphatic carbocycles. The molecule has 0 radical (unpaired) electrons. The first-order chi connectivity index (χ1) is 11.8. The van der Waals surface area contributed by atoms with E-state index in [9.17, 15) is 13.2 Å². The molecule has 0 saturated carbocycles. The molecule has 1 aromatic carbocycles. The van der Waals surface area contributed by atoms with E-state index in [1.807, 2.05) is 12.3 Å². The van der Waals surface area contributed by atoms with Crippen LogP contribution in [0.2, 0.25) is 0 Å². The number of hydrogen-bond acceptors (Lipinski definition) is 5. The predicted octanol–water partition coefficient (Wildman–Crippen LogP) is 3.52. The molecule has 1 atom stereocenters. The van der Waals surface area contributed by atoms with Crippen molar-refractivity contribution >= 4 is 27.1 Å². The second kappa shape index (κ2) is 8.58. The number of benzene rings is 1. The molecule has 0 bridgehead atoms. The second-order valence-corrected chi connectivity index (χ2v) is 9.54. The van der Waals surface area contributed by atoms with Crippen LogP contribution in [-0.2, 0) is 14.6 Å². The Bertz CT molecular complexity index is 782. The maximum Gasteiger partial charge on any atom is 0.221 e. The van der Waals surface area contributed by atoms with Crippen molar-refractivity contribution in [2.24, 2.45) is 5.92 Å². The first-order valence-electron chi connectivity index (χ1n) is 8.26. The summed E-state index contributed by atoms with van der Waals surface area (Å²) in [5.74, 6) is -0.0734. The van der Waals surface area contributed by atoms with E-state index < -0.39 is 9.84 Å². The van der Waals surface area contributed by atoms with Gasteiger partial charge in [0, 0.05) is 18.0 Å². The number of rotatable bonds is 8. The minimum Gasteiger partial charge on any atom is -0.347 e. The van der Waals surface area contributed by atoms with Gasteiger partial charge < -0.3 is 5.32 Å². The summed E-state index contributed by atoms with van der Waals surface area (Å²) in [7, 11) is -3.46. The zero-order valence-electron chi connectivity index (χ0n) is 14.7. The molecule has 1 N–H and O–H groups in total. The van der Waals surface area contributed by atoms with E-state index in [2.05, 4.69) is 24.1 Å². The monoisotopic (exact) mass is 380 g/mol. The number of sulfone groups is 1. The maximum atomic E-state index is 12.3. The van der Waals surface area contributed by atoms with Crippen LogP contribution in [0.15, 0.2) is 40.7 Å². The summed E-state index contributed by atoms with van der Waals surface area (Å²) in [5.41, 5.74) is 0.997. The molecule has 7 heteroatoms. The van der Waals surface area contributed by atoms with Gasteiger partial charge in [0.2, 0.25) is 5.91 Å². The van der Waals surface area contributed by atoms with Crippen LogP contribution in [0.3, 0.4) is 0 Å². The molecule has 25 heavy (non-hydrogen) atoms. The number of nitrogens with one attached hydrogen (secondary N) is 1. The minimum atomic E-state index is -3.46. The Morgan fingerprint density at radius 3 is 2.48 bits per heavy atom. The number of thiazole rings is 1. The lowest BCUT2D eigenvalue weighted by Crippen LogP contribution is -2.30. The Morgan fingerprint density at radius 1 is 1.24 bits per heavy atom. The van der Waals surface area contributed by atoms with Crippen LogP contribution in [0.4, 0.5) is 0 Å². The molecule has 0 aliphatic rings. The van der Waals surface area contributed by atoms with E-state index in [4.69, 9.17) is 0 Å². The average Bonchev–Trinajstić information content (AvgIpc) is 3.07. The van der Waals surface area contributed by atoms with Crippen LogP contribution < -0.4 is 5.32 Å². The van der Waals surface area contributed by atoms with Crippen LogP contribution >= 0.6 is 11.3 Å². The van der Waals surface area contributed by atoms with Gasteiger partial charge in [-0.05, 0) is 31.4 Å². The van der Waals surface area contributed by atoms with Gasteiger partial charge in [0.25, 0.3) is 0 Å². The van der Waals surface area contributed by atoms with E-state index in [-0.39, 0.29) is 29.0 Å². The van der Waals surface area contributed by atoms with Crippen LogP contribution in [0.25, 0.3) is 0 Å². The van der Waals surface area contributed by atoms with Gasteiger partial charge in [-0.2, -0.15) is 0 Å². The third-order valence-electron chi connectivity index (χ3n) is 3.77. The Morgan fingerprint density at radius 2 is 1.92 bits per heavy atom. The molecule has 2 rings (SSSR count). The standard InChI is InChI=1S/C18H24N2O3S2/c1-13(2)12-16(18-19-9-10-24-18)20-17(21)8-11-25(22,23)15-6-4-14(3)5-7-15/h4-7,9-10,13,16H,8,11-12H2,1-3H3,(H,20,21). The van der Waals surface area contributed by atoms with Gasteiger partial charge >= 0.3 is 0 Å². The largest absolute Gasteiger partial charge is 0.347 e. The topological polar surface area (TPSA) is 76.1 Å². The van der Waals surface area contributed by atoms with E-state index in [1.165, 1.54) is 11.3 Å². The van der Waals surface area contributed by atoms with Crippen molar-refractivity contribution in [3.63, 3.8) is 0 Å². The van der Waals surface area contributed by atoms with Crippen molar-refractivity contribution in [2.75, 3.05) is 5.75 Å². The van der Waals surface area contributed by atoms with E-state index >= 15 is 0 Å². The predicted molar refractivity (Wildman–Crippen MR) is 100 cm³/mol. The lowest BCUT2D eigenvalue weighted by atomic mass is 10.0. The summed E-state index contributed by atoms with van der Waals surface area (Å²) in [6.45, 7) is 6.06. The third kappa shape index (κ3) is 5.93. The highest BCUT2D eigenvalue weighted by atomic mass is 32.2. The van der Waals surface area contributed by atoms with Gasteiger partial charge in [0.15, 0.2) is 9.84 Å². The van der Waals surface area contributed by atoms with Crippen LogP contribution in [0.1, 0.15) is 43.3 Å². The molecule has 0 spiro atoms. The number of aryl methyl sites for hydroxylation is 1. The first kappa shape index (κ1) is 19.6. The quantitative estimate of drug-likeness (QED) is 0.760. The lowest BCUT2D eigenvalue weighted by molar-refractivity contribution is -0.121. The number of carbonyl (C=O) groups excluding carboxylic acids is 1. The Hall–Kier alpha value is -1.73. The van der Waals surface area contributed by atoms with Gasteiger partial charge in [0.05, 0.1) is 16.7 Å². The highest BCUT2D eigenvalue weighted by Gasteiger charge is 2.21. The molecule has 1 unspecified atom stereocenters. The van der Waals surface area contributed by atoms with Crippen molar-refractivity contribution in [2.45, 2.75) is 44.6 Å². The fraction of sp³-hybridized carbons (Fsp3) is 0.444. The summed E-state index contributed by atoms with van der Waals surface area (Å²) in [5, 5.41) is 5.65. The molecule has 136 valence electrons. The molecule has 0 saturated heterocycles. The summed E-state index contributed by atoms with van der Waals surface area (Å²) in [6, 6.07) is 6.51. The van der Waals surface area contributed by atoms with Gasteiger partial charge in [-0.25, -0.2) is 13.4 Å². The molecule has 1 amide bonds. The third-order valence-corrected chi connectivity index (χ3v) is 6.39. The number of aromatic nitrogens is 1. The zero-order valence-corrected chi connectivity index (χ0v) is 16.4. The fourth-order valence-corrected chi connectivity index (χ4v) is 4.40. The molecule has 0 fully saturated rings. The van der Waals surface area contributed by atoms with Crippen molar-refractivity contribution in [3.8, 4) is 0 Å². The van der Waals surface area contributed by atoms with Gasteiger partial charge in [-0.1, -0.05) is 31.5 Å². The SMILES string of the molecule is Cc1ccc(S(=O)(=O)CCC(=O)NC(CC(C)C)c2nccs2)cc1. The lowest BCUT2D eigenvalue weighted by Gasteiger charge is -2.18. The van der Waals surface area contributed by atoms with Gasteiger partial charge in [-0.15, -0.1) is 11.3 Å². The Kier molecular flexibility index (Phi) is 6.72. The molecular weight excluding hydrogens is 356 g/mol. The molecule has 1 heterocycles. The van der Waals surface area contributed by atoms with Crippen molar-refractivity contribution < 1.29 is 13.2 Å². The zero-order chi connectivity index (χ0) is 18.4. The maximum absolute atomic E-state index is 12.3.